The van der Waals surface area contributed by atoms with Crippen LogP contribution in [0.3, 0.4) is 0 Å². The average Bonchev–Trinajstić information content (AvgIpc) is 3.32. The van der Waals surface area contributed by atoms with E-state index in [1.54, 1.807) is 25.0 Å². The van der Waals surface area contributed by atoms with Gasteiger partial charge in [0.25, 0.3) is 5.56 Å². The molecule has 4 rings (SSSR count). The third-order valence-corrected chi connectivity index (χ3v) is 6.29. The summed E-state index contributed by atoms with van der Waals surface area (Å²) < 4.78 is 9.50. The van der Waals surface area contributed by atoms with E-state index in [2.05, 4.69) is 15.0 Å². The van der Waals surface area contributed by atoms with Crippen LogP contribution in [0.15, 0.2) is 20.4 Å². The highest BCUT2D eigenvalue weighted by molar-refractivity contribution is 5.79. The highest BCUT2D eigenvalue weighted by atomic mass is 16.5. The second kappa shape index (κ2) is 8.73. The van der Waals surface area contributed by atoms with E-state index in [9.17, 15) is 14.4 Å². The minimum absolute atomic E-state index is 0.0820. The molecule has 0 atom stereocenters. The van der Waals surface area contributed by atoms with Gasteiger partial charge in [-0.2, -0.15) is 0 Å². The number of rotatable bonds is 6. The van der Waals surface area contributed by atoms with E-state index in [1.165, 1.54) is 9.13 Å². The molecule has 3 aromatic rings. The lowest BCUT2D eigenvalue weighted by molar-refractivity contribution is -0.132. The molecule has 0 aromatic carbocycles. The first-order valence-corrected chi connectivity index (χ1v) is 10.8. The molecule has 1 aliphatic rings. The van der Waals surface area contributed by atoms with Crippen LogP contribution in [0.1, 0.15) is 23.4 Å². The Morgan fingerprint density at radius 3 is 2.47 bits per heavy atom. The van der Waals surface area contributed by atoms with Gasteiger partial charge in [0, 0.05) is 52.4 Å². The Hall–Kier alpha value is -3.21. The maximum absolute atomic E-state index is 12.8. The quantitative estimate of drug-likeness (QED) is 0.519. The van der Waals surface area contributed by atoms with Gasteiger partial charge in [0.15, 0.2) is 11.2 Å². The molecule has 11 nitrogen and oxygen atoms in total. The van der Waals surface area contributed by atoms with E-state index in [0.29, 0.717) is 49.4 Å². The fourth-order valence-corrected chi connectivity index (χ4v) is 4.28. The van der Waals surface area contributed by atoms with Crippen molar-refractivity contribution < 1.29 is 9.32 Å². The Morgan fingerprint density at radius 2 is 1.81 bits per heavy atom. The van der Waals surface area contributed by atoms with Crippen molar-refractivity contribution in [3.63, 3.8) is 0 Å². The highest BCUT2D eigenvalue weighted by Crippen LogP contribution is 2.15. The third-order valence-electron chi connectivity index (χ3n) is 6.29. The zero-order chi connectivity index (χ0) is 23.0. The molecule has 32 heavy (non-hydrogen) atoms. The van der Waals surface area contributed by atoms with Crippen molar-refractivity contribution >= 4 is 17.1 Å². The topological polar surface area (TPSA) is 111 Å². The van der Waals surface area contributed by atoms with Gasteiger partial charge in [-0.1, -0.05) is 5.16 Å². The molecule has 1 saturated heterocycles. The van der Waals surface area contributed by atoms with Gasteiger partial charge in [-0.15, -0.1) is 0 Å². The number of hydrogen-bond acceptors (Lipinski definition) is 7. The molecule has 0 aliphatic carbocycles. The summed E-state index contributed by atoms with van der Waals surface area (Å²) >= 11 is 0. The lowest BCUT2D eigenvalue weighted by Gasteiger charge is -2.34. The second-order valence-corrected chi connectivity index (χ2v) is 8.38. The number of aryl methyl sites for hydroxylation is 4. The van der Waals surface area contributed by atoms with Crippen LogP contribution < -0.4 is 11.2 Å². The maximum atomic E-state index is 12.8. The molecule has 0 N–H and O–H groups in total. The van der Waals surface area contributed by atoms with E-state index in [0.717, 1.165) is 30.9 Å². The Kier molecular flexibility index (Phi) is 6.00. The molecule has 172 valence electrons. The highest BCUT2D eigenvalue weighted by Gasteiger charge is 2.23. The van der Waals surface area contributed by atoms with E-state index in [4.69, 9.17) is 4.52 Å². The summed E-state index contributed by atoms with van der Waals surface area (Å²) in [4.78, 5) is 46.3. The van der Waals surface area contributed by atoms with Crippen LogP contribution in [0.5, 0.6) is 0 Å². The predicted octanol–water partition coefficient (Wildman–Crippen LogP) is -0.184. The van der Waals surface area contributed by atoms with Crippen LogP contribution in [0.4, 0.5) is 0 Å². The number of aromatic nitrogens is 5. The van der Waals surface area contributed by atoms with Gasteiger partial charge >= 0.3 is 5.69 Å². The van der Waals surface area contributed by atoms with Crippen LogP contribution in [0, 0.1) is 13.8 Å². The normalized spacial score (nSPS) is 15.1. The molecule has 3 aromatic heterocycles. The van der Waals surface area contributed by atoms with Gasteiger partial charge in [-0.25, -0.2) is 9.78 Å². The van der Waals surface area contributed by atoms with Gasteiger partial charge in [0.1, 0.15) is 5.76 Å². The predicted molar refractivity (Wildman–Crippen MR) is 118 cm³/mol. The zero-order valence-electron chi connectivity index (χ0n) is 19.0. The van der Waals surface area contributed by atoms with E-state index in [1.807, 2.05) is 18.7 Å². The fraction of sp³-hybridized carbons (Fsp3) is 0.571. The van der Waals surface area contributed by atoms with E-state index >= 15 is 0 Å². The summed E-state index contributed by atoms with van der Waals surface area (Å²) in [7, 11) is 3.38. The van der Waals surface area contributed by atoms with Crippen molar-refractivity contribution in [1.82, 2.24) is 33.6 Å². The van der Waals surface area contributed by atoms with E-state index < -0.39 is 0 Å². The molecule has 1 amide bonds. The van der Waals surface area contributed by atoms with Crippen LogP contribution in [0.25, 0.3) is 11.2 Å². The number of amides is 1. The Balaban J connectivity index is 1.31. The number of carbonyl (C=O) groups excluding carboxylic acids is 1. The second-order valence-electron chi connectivity index (χ2n) is 8.38. The lowest BCUT2D eigenvalue weighted by Crippen LogP contribution is -2.49. The molecule has 4 heterocycles. The smallest absolute Gasteiger partial charge is 0.332 e. The minimum atomic E-state index is -0.351. The number of imidazole rings is 1. The van der Waals surface area contributed by atoms with Crippen molar-refractivity contribution in [2.45, 2.75) is 33.2 Å². The number of hydrogen-bond donors (Lipinski definition) is 0. The first-order valence-electron chi connectivity index (χ1n) is 10.8. The fourth-order valence-electron chi connectivity index (χ4n) is 4.28. The number of carbonyl (C=O) groups is 1. The summed E-state index contributed by atoms with van der Waals surface area (Å²) in [5.41, 5.74) is 1.80. The summed E-state index contributed by atoms with van der Waals surface area (Å²) in [5, 5.41) is 3.91. The monoisotopic (exact) mass is 443 g/mol. The van der Waals surface area contributed by atoms with Gasteiger partial charge in [-0.3, -0.25) is 23.6 Å². The Labute approximate surface area is 184 Å². The first-order chi connectivity index (χ1) is 15.3. The van der Waals surface area contributed by atoms with Crippen LogP contribution in [0.2, 0.25) is 0 Å². The Morgan fingerprint density at radius 1 is 1.09 bits per heavy atom. The number of piperazine rings is 1. The third kappa shape index (κ3) is 3.99. The van der Waals surface area contributed by atoms with Crippen molar-refractivity contribution in [3.05, 3.63) is 44.2 Å². The van der Waals surface area contributed by atoms with E-state index in [-0.39, 0.29) is 17.2 Å². The molecule has 1 fully saturated rings. The summed E-state index contributed by atoms with van der Waals surface area (Å²) in [6.07, 6.45) is 2.53. The average molecular weight is 444 g/mol. The number of fused-ring (bicyclic) bond motifs is 1. The van der Waals surface area contributed by atoms with Crippen molar-refractivity contribution in [2.75, 3.05) is 32.7 Å². The van der Waals surface area contributed by atoms with Crippen molar-refractivity contribution in [1.29, 1.82) is 0 Å². The molecular weight excluding hydrogens is 414 g/mol. The maximum Gasteiger partial charge on any atom is 0.332 e. The van der Waals surface area contributed by atoms with Gasteiger partial charge in [-0.05, 0) is 26.8 Å². The molecule has 0 saturated carbocycles. The zero-order valence-corrected chi connectivity index (χ0v) is 19.0. The SMILES string of the molecule is Cc1noc(C)c1CC(=O)N1CCN(CCCn2c(=O)c3c(ncn3C)n(C)c2=O)CC1. The molecule has 0 bridgehead atoms. The van der Waals surface area contributed by atoms with Crippen LogP contribution in [-0.4, -0.2) is 72.3 Å². The molecule has 0 spiro atoms. The number of nitrogens with zero attached hydrogens (tertiary/aromatic N) is 7. The first kappa shape index (κ1) is 22.0. The summed E-state index contributed by atoms with van der Waals surface area (Å²) in [6, 6.07) is 0. The molecule has 11 heteroatoms. The summed E-state index contributed by atoms with van der Waals surface area (Å²) in [6.45, 7) is 7.62. The molecule has 0 radical (unpaired) electrons. The van der Waals surface area contributed by atoms with Gasteiger partial charge < -0.3 is 14.0 Å². The largest absolute Gasteiger partial charge is 0.361 e. The van der Waals surface area contributed by atoms with Crippen molar-refractivity contribution in [2.24, 2.45) is 14.1 Å². The van der Waals surface area contributed by atoms with Gasteiger partial charge in [0.2, 0.25) is 5.91 Å². The van der Waals surface area contributed by atoms with Gasteiger partial charge in [0.05, 0.1) is 18.4 Å². The lowest BCUT2D eigenvalue weighted by atomic mass is 10.1. The standard InChI is InChI=1S/C21H29N7O4/c1-14-16(15(2)32-23-14)12-17(29)27-10-8-26(9-11-27)6-5-7-28-20(30)18-19(22-13-24(18)3)25(4)21(28)31/h13H,5-12H2,1-4H3. The van der Waals surface area contributed by atoms with Crippen LogP contribution >= 0.6 is 0 Å². The van der Waals surface area contributed by atoms with Crippen molar-refractivity contribution in [3.8, 4) is 0 Å². The molecule has 0 unspecified atom stereocenters. The molecule has 1 aliphatic heterocycles. The van der Waals surface area contributed by atoms with Crippen LogP contribution in [-0.2, 0) is 31.9 Å². The molecular formula is C21H29N7O4. The summed E-state index contributed by atoms with van der Waals surface area (Å²) in [5.74, 6) is 0.777. The minimum Gasteiger partial charge on any atom is -0.361 e. The Bertz CT molecular complexity index is 1240.